The molecule has 0 saturated carbocycles. The maximum atomic E-state index is 13.3. The van der Waals surface area contributed by atoms with E-state index in [4.69, 9.17) is 17.3 Å². The van der Waals surface area contributed by atoms with Gasteiger partial charge in [-0.05, 0) is 42.2 Å². The van der Waals surface area contributed by atoms with E-state index in [1.54, 1.807) is 0 Å². The molecule has 10 heteroatoms. The number of primary amides is 1. The predicted molar refractivity (Wildman–Crippen MR) is 110 cm³/mol. The lowest BCUT2D eigenvalue weighted by Gasteiger charge is -2.30. The average Bonchev–Trinajstić information content (AvgIpc) is 2.64. The zero-order valence-electron chi connectivity index (χ0n) is 16.0. The molecule has 0 heterocycles. The average molecular weight is 440 g/mol. The van der Waals surface area contributed by atoms with Crippen LogP contribution in [0, 0.1) is 16.0 Å². The molecule has 156 valence electrons. The topological polar surface area (TPSA) is 124 Å². The van der Waals surface area contributed by atoms with Gasteiger partial charge in [-0.1, -0.05) is 37.6 Å². The molecule has 2 aromatic carbocycles. The van der Waals surface area contributed by atoms with Crippen LogP contribution >= 0.6 is 11.6 Å². The molecule has 0 radical (unpaired) electrons. The molecule has 2 aromatic rings. The van der Waals surface area contributed by atoms with Crippen LogP contribution < -0.4 is 5.73 Å². The van der Waals surface area contributed by atoms with Crippen molar-refractivity contribution >= 4 is 33.2 Å². The number of halogens is 1. The number of amides is 1. The molecule has 0 aliphatic carbocycles. The minimum absolute atomic E-state index is 0.00674. The fourth-order valence-corrected chi connectivity index (χ4v) is 4.55. The van der Waals surface area contributed by atoms with Crippen molar-refractivity contribution in [1.82, 2.24) is 4.31 Å². The summed E-state index contributed by atoms with van der Waals surface area (Å²) in [6.45, 7) is 3.55. The molecule has 0 bridgehead atoms. The third-order valence-corrected chi connectivity index (χ3v) is 6.40. The molecule has 8 nitrogen and oxygen atoms in total. The standard InChI is InChI=1S/C19H22ClN3O5S/c1-13(2)11-18(19(21)24)22(12-14-3-7-16(8-4-14)23(25)26)29(27,28)17-9-5-15(20)6-10-17/h3-10,13,18H,11-12H2,1-2H3,(H2,21,24). The fourth-order valence-electron chi connectivity index (χ4n) is 2.83. The summed E-state index contributed by atoms with van der Waals surface area (Å²) in [5, 5.41) is 11.2. The zero-order valence-corrected chi connectivity index (χ0v) is 17.6. The summed E-state index contributed by atoms with van der Waals surface area (Å²) in [6, 6.07) is 9.99. The molecule has 1 atom stereocenters. The second-order valence-corrected chi connectivity index (χ2v) is 9.30. The predicted octanol–water partition coefficient (Wildman–Crippen LogP) is 3.34. The minimum Gasteiger partial charge on any atom is -0.368 e. The smallest absolute Gasteiger partial charge is 0.269 e. The molecule has 0 saturated heterocycles. The van der Waals surface area contributed by atoms with Gasteiger partial charge in [-0.2, -0.15) is 4.31 Å². The summed E-state index contributed by atoms with van der Waals surface area (Å²) in [7, 11) is -4.09. The number of carbonyl (C=O) groups excluding carboxylic acids is 1. The normalized spacial score (nSPS) is 12.9. The van der Waals surface area contributed by atoms with Crippen molar-refractivity contribution < 1.29 is 18.1 Å². The third-order valence-electron chi connectivity index (χ3n) is 4.28. The molecule has 0 spiro atoms. The number of benzene rings is 2. The van der Waals surface area contributed by atoms with E-state index in [1.807, 2.05) is 13.8 Å². The number of nitrogens with zero attached hydrogens (tertiary/aromatic N) is 2. The first-order valence-electron chi connectivity index (χ1n) is 8.82. The van der Waals surface area contributed by atoms with E-state index in [0.29, 0.717) is 10.6 Å². The van der Waals surface area contributed by atoms with Crippen molar-refractivity contribution in [2.75, 3.05) is 0 Å². The van der Waals surface area contributed by atoms with Crippen LogP contribution in [0.25, 0.3) is 0 Å². The number of hydrogen-bond donors (Lipinski definition) is 1. The van der Waals surface area contributed by atoms with E-state index in [2.05, 4.69) is 0 Å². The van der Waals surface area contributed by atoms with Gasteiger partial charge in [0.2, 0.25) is 15.9 Å². The maximum absolute atomic E-state index is 13.3. The van der Waals surface area contributed by atoms with Crippen LogP contribution in [0.2, 0.25) is 5.02 Å². The number of rotatable bonds is 9. The van der Waals surface area contributed by atoms with Gasteiger partial charge < -0.3 is 5.73 Å². The Morgan fingerprint density at radius 2 is 1.69 bits per heavy atom. The van der Waals surface area contributed by atoms with Gasteiger partial charge in [0.15, 0.2) is 0 Å². The molecule has 0 aliphatic heterocycles. The number of non-ortho nitro benzene ring substituents is 1. The molecule has 1 amide bonds. The summed E-state index contributed by atoms with van der Waals surface area (Å²) in [6.07, 6.45) is 0.231. The Morgan fingerprint density at radius 1 is 1.14 bits per heavy atom. The largest absolute Gasteiger partial charge is 0.368 e. The van der Waals surface area contributed by atoms with Crippen LogP contribution in [-0.4, -0.2) is 29.6 Å². The van der Waals surface area contributed by atoms with Crippen LogP contribution in [0.4, 0.5) is 5.69 Å². The van der Waals surface area contributed by atoms with E-state index in [0.717, 1.165) is 4.31 Å². The lowest BCUT2D eigenvalue weighted by atomic mass is 10.0. The lowest BCUT2D eigenvalue weighted by molar-refractivity contribution is -0.384. The lowest BCUT2D eigenvalue weighted by Crippen LogP contribution is -2.48. The number of nitrogens with two attached hydrogens (primary N) is 1. The quantitative estimate of drug-likeness (QED) is 0.474. The van der Waals surface area contributed by atoms with Crippen molar-refractivity contribution in [2.24, 2.45) is 11.7 Å². The SMILES string of the molecule is CC(C)CC(C(N)=O)N(Cc1ccc([N+](=O)[O-])cc1)S(=O)(=O)c1ccc(Cl)cc1. The number of nitro benzene ring substituents is 1. The third kappa shape index (κ3) is 5.75. The van der Waals surface area contributed by atoms with Gasteiger partial charge >= 0.3 is 0 Å². The van der Waals surface area contributed by atoms with Crippen molar-refractivity contribution in [3.63, 3.8) is 0 Å². The summed E-state index contributed by atoms with van der Waals surface area (Å²) >= 11 is 5.86. The summed E-state index contributed by atoms with van der Waals surface area (Å²) in [4.78, 5) is 22.4. The first-order valence-corrected chi connectivity index (χ1v) is 10.6. The Balaban J connectivity index is 2.50. The molecule has 29 heavy (non-hydrogen) atoms. The van der Waals surface area contributed by atoms with Gasteiger partial charge in [0.05, 0.1) is 9.82 Å². The highest BCUT2D eigenvalue weighted by Gasteiger charge is 2.35. The summed E-state index contributed by atoms with van der Waals surface area (Å²) < 4.78 is 27.7. The molecule has 2 N–H and O–H groups in total. The molecular weight excluding hydrogens is 418 g/mol. The highest BCUT2D eigenvalue weighted by Crippen LogP contribution is 2.26. The van der Waals surface area contributed by atoms with Crippen LogP contribution in [0.15, 0.2) is 53.4 Å². The fraction of sp³-hybridized carbons (Fsp3) is 0.316. The van der Waals surface area contributed by atoms with E-state index < -0.39 is 26.9 Å². The first-order chi connectivity index (χ1) is 13.5. The van der Waals surface area contributed by atoms with Crippen LogP contribution in [0.3, 0.4) is 0 Å². The maximum Gasteiger partial charge on any atom is 0.269 e. The summed E-state index contributed by atoms with van der Waals surface area (Å²) in [5.74, 6) is -0.759. The van der Waals surface area contributed by atoms with Crippen LogP contribution in [0.1, 0.15) is 25.8 Å². The Labute approximate surface area is 174 Å². The molecular formula is C19H22ClN3O5S. The van der Waals surface area contributed by atoms with Gasteiger partial charge in [0, 0.05) is 23.7 Å². The molecule has 1 unspecified atom stereocenters. The monoisotopic (exact) mass is 439 g/mol. The molecule has 0 aromatic heterocycles. The number of carbonyl (C=O) groups is 1. The van der Waals surface area contributed by atoms with Crippen molar-refractivity contribution in [3.8, 4) is 0 Å². The Bertz CT molecular complexity index is 976. The van der Waals surface area contributed by atoms with Crippen molar-refractivity contribution in [2.45, 2.75) is 37.8 Å². The first kappa shape index (κ1) is 22.8. The highest BCUT2D eigenvalue weighted by atomic mass is 35.5. The number of nitro groups is 1. The zero-order chi connectivity index (χ0) is 21.8. The van der Waals surface area contributed by atoms with Gasteiger partial charge in [-0.15, -0.1) is 0 Å². The number of sulfonamides is 1. The highest BCUT2D eigenvalue weighted by molar-refractivity contribution is 7.89. The Kier molecular flexibility index (Phi) is 7.34. The molecule has 0 aliphatic rings. The van der Waals surface area contributed by atoms with E-state index >= 15 is 0 Å². The second-order valence-electron chi connectivity index (χ2n) is 6.98. The van der Waals surface area contributed by atoms with Crippen LogP contribution in [0.5, 0.6) is 0 Å². The van der Waals surface area contributed by atoms with Crippen LogP contribution in [-0.2, 0) is 21.4 Å². The van der Waals surface area contributed by atoms with Gasteiger partial charge in [-0.3, -0.25) is 14.9 Å². The minimum atomic E-state index is -4.09. The van der Waals surface area contributed by atoms with E-state index in [-0.39, 0.29) is 29.5 Å². The van der Waals surface area contributed by atoms with E-state index in [1.165, 1.54) is 48.5 Å². The molecule has 2 rings (SSSR count). The van der Waals surface area contributed by atoms with Gasteiger partial charge in [-0.25, -0.2) is 8.42 Å². The van der Waals surface area contributed by atoms with Crippen molar-refractivity contribution in [1.29, 1.82) is 0 Å². The van der Waals surface area contributed by atoms with Crippen molar-refractivity contribution in [3.05, 3.63) is 69.2 Å². The number of hydrogen-bond acceptors (Lipinski definition) is 5. The van der Waals surface area contributed by atoms with Gasteiger partial charge in [0.25, 0.3) is 5.69 Å². The van der Waals surface area contributed by atoms with Gasteiger partial charge in [0.1, 0.15) is 6.04 Å². The Morgan fingerprint density at radius 3 is 2.14 bits per heavy atom. The molecule has 0 fully saturated rings. The second kappa shape index (κ2) is 9.34. The van der Waals surface area contributed by atoms with E-state index in [9.17, 15) is 23.3 Å². The summed E-state index contributed by atoms with van der Waals surface area (Å²) in [5.41, 5.74) is 5.92. The Hall–Kier alpha value is -2.49.